The summed E-state index contributed by atoms with van der Waals surface area (Å²) in [5, 5.41) is 2.99. The van der Waals surface area contributed by atoms with Crippen molar-refractivity contribution >= 4 is 54.4 Å². The normalized spacial score (nSPS) is 10.7. The van der Waals surface area contributed by atoms with Crippen molar-refractivity contribution in [2.75, 3.05) is 5.32 Å². The van der Waals surface area contributed by atoms with Gasteiger partial charge in [0.15, 0.2) is 5.58 Å². The summed E-state index contributed by atoms with van der Waals surface area (Å²) in [6, 6.07) is 10.5. The first-order valence-corrected chi connectivity index (χ1v) is 8.03. The van der Waals surface area contributed by atoms with E-state index in [4.69, 9.17) is 4.42 Å². The van der Waals surface area contributed by atoms with E-state index in [-0.39, 0.29) is 11.3 Å². The van der Waals surface area contributed by atoms with Gasteiger partial charge in [-0.1, -0.05) is 28.1 Å². The van der Waals surface area contributed by atoms with Crippen molar-refractivity contribution in [1.82, 2.24) is 0 Å². The van der Waals surface area contributed by atoms with Gasteiger partial charge in [0, 0.05) is 9.86 Å². The Balaban J connectivity index is 2.04. The predicted molar refractivity (Wildman–Crippen MR) is 92.2 cm³/mol. The molecule has 0 unspecified atom stereocenters. The Labute approximate surface area is 146 Å². The topological polar surface area (TPSA) is 59.3 Å². The first-order chi connectivity index (χ1) is 11.0. The summed E-state index contributed by atoms with van der Waals surface area (Å²) in [6.45, 7) is 0. The first-order valence-electron chi connectivity index (χ1n) is 6.44. The summed E-state index contributed by atoms with van der Waals surface area (Å²) in [6.07, 6.45) is 0. The van der Waals surface area contributed by atoms with Crippen LogP contribution in [0.15, 0.2) is 60.6 Å². The zero-order chi connectivity index (χ0) is 16.6. The van der Waals surface area contributed by atoms with E-state index in [1.807, 2.05) is 0 Å². The van der Waals surface area contributed by atoms with Gasteiger partial charge in [0.25, 0.3) is 5.91 Å². The number of anilines is 1. The standard InChI is InChI=1S/C16H8Br2FNO3/c17-9-5-8-6-13(16(22)23-14(8)11(18)7-9)20-15(21)10-3-1-2-4-12(10)19/h1-7H,(H,20,21). The van der Waals surface area contributed by atoms with Crippen LogP contribution in [-0.4, -0.2) is 5.91 Å². The van der Waals surface area contributed by atoms with Gasteiger partial charge in [0.05, 0.1) is 10.0 Å². The minimum Gasteiger partial charge on any atom is -0.420 e. The van der Waals surface area contributed by atoms with Crippen molar-refractivity contribution in [2.45, 2.75) is 0 Å². The third-order valence-electron chi connectivity index (χ3n) is 3.12. The second-order valence-electron chi connectivity index (χ2n) is 4.69. The van der Waals surface area contributed by atoms with E-state index >= 15 is 0 Å². The van der Waals surface area contributed by atoms with E-state index in [1.54, 1.807) is 12.1 Å². The highest BCUT2D eigenvalue weighted by Crippen LogP contribution is 2.28. The number of carbonyl (C=O) groups excluding carboxylic acids is 1. The maximum atomic E-state index is 13.6. The van der Waals surface area contributed by atoms with Crippen LogP contribution in [0.1, 0.15) is 10.4 Å². The van der Waals surface area contributed by atoms with Crippen LogP contribution in [0.4, 0.5) is 10.1 Å². The van der Waals surface area contributed by atoms with E-state index in [0.29, 0.717) is 15.4 Å². The van der Waals surface area contributed by atoms with Crippen LogP contribution >= 0.6 is 31.9 Å². The van der Waals surface area contributed by atoms with Gasteiger partial charge in [-0.3, -0.25) is 4.79 Å². The third-order valence-corrected chi connectivity index (χ3v) is 4.17. The van der Waals surface area contributed by atoms with Crippen LogP contribution in [0.3, 0.4) is 0 Å². The summed E-state index contributed by atoms with van der Waals surface area (Å²) in [7, 11) is 0. The average Bonchev–Trinajstić information content (AvgIpc) is 2.49. The summed E-state index contributed by atoms with van der Waals surface area (Å²) >= 11 is 6.64. The lowest BCUT2D eigenvalue weighted by molar-refractivity contribution is 0.102. The molecule has 1 N–H and O–H groups in total. The molecule has 4 nitrogen and oxygen atoms in total. The summed E-state index contributed by atoms with van der Waals surface area (Å²) in [5.41, 5.74) is -0.564. The number of rotatable bonds is 2. The molecule has 0 saturated carbocycles. The van der Waals surface area contributed by atoms with Crippen molar-refractivity contribution in [2.24, 2.45) is 0 Å². The predicted octanol–water partition coefficient (Wildman–Crippen LogP) is 4.71. The first kappa shape index (κ1) is 15.9. The van der Waals surface area contributed by atoms with Crippen LogP contribution in [0.2, 0.25) is 0 Å². The molecule has 0 bridgehead atoms. The molecule has 0 radical (unpaired) electrons. The van der Waals surface area contributed by atoms with Crippen molar-refractivity contribution < 1.29 is 13.6 Å². The highest BCUT2D eigenvalue weighted by Gasteiger charge is 2.15. The molecule has 0 aliphatic rings. The van der Waals surface area contributed by atoms with Gasteiger partial charge in [-0.15, -0.1) is 0 Å². The Morgan fingerprint density at radius 3 is 2.61 bits per heavy atom. The van der Waals surface area contributed by atoms with Gasteiger partial charge in [0.1, 0.15) is 11.5 Å². The highest BCUT2D eigenvalue weighted by atomic mass is 79.9. The molecule has 1 amide bonds. The van der Waals surface area contributed by atoms with Crippen molar-refractivity contribution in [3.05, 3.63) is 73.2 Å². The Morgan fingerprint density at radius 1 is 1.13 bits per heavy atom. The highest BCUT2D eigenvalue weighted by molar-refractivity contribution is 9.11. The quantitative estimate of drug-likeness (QED) is 0.587. The fourth-order valence-corrected chi connectivity index (χ4v) is 3.42. The van der Waals surface area contributed by atoms with Crippen LogP contribution in [0.25, 0.3) is 11.0 Å². The molecule has 23 heavy (non-hydrogen) atoms. The number of benzene rings is 2. The molecule has 0 aliphatic carbocycles. The second kappa shape index (κ2) is 6.25. The zero-order valence-corrected chi connectivity index (χ0v) is 14.6. The largest absolute Gasteiger partial charge is 0.420 e. The minimum absolute atomic E-state index is 0.0595. The van der Waals surface area contributed by atoms with Crippen LogP contribution in [-0.2, 0) is 0 Å². The summed E-state index contributed by atoms with van der Waals surface area (Å²) in [4.78, 5) is 24.1. The van der Waals surface area contributed by atoms with Gasteiger partial charge in [-0.05, 0) is 46.3 Å². The Bertz CT molecular complexity index is 985. The fraction of sp³-hybridized carbons (Fsp3) is 0. The molecular formula is C16H8Br2FNO3. The molecule has 3 aromatic rings. The molecule has 0 spiro atoms. The number of fused-ring (bicyclic) bond motifs is 1. The van der Waals surface area contributed by atoms with Crippen molar-refractivity contribution in [3.8, 4) is 0 Å². The lowest BCUT2D eigenvalue weighted by atomic mass is 10.2. The molecule has 116 valence electrons. The molecular weight excluding hydrogens is 433 g/mol. The van der Waals surface area contributed by atoms with Crippen molar-refractivity contribution in [3.63, 3.8) is 0 Å². The van der Waals surface area contributed by atoms with Crippen LogP contribution in [0.5, 0.6) is 0 Å². The zero-order valence-electron chi connectivity index (χ0n) is 11.4. The van der Waals surface area contributed by atoms with Gasteiger partial charge >= 0.3 is 5.63 Å². The van der Waals surface area contributed by atoms with Crippen molar-refractivity contribution in [1.29, 1.82) is 0 Å². The van der Waals surface area contributed by atoms with E-state index in [0.717, 1.165) is 4.47 Å². The second-order valence-corrected chi connectivity index (χ2v) is 6.46. The van der Waals surface area contributed by atoms with Gasteiger partial charge in [-0.2, -0.15) is 0 Å². The molecule has 7 heteroatoms. The molecule has 3 rings (SSSR count). The van der Waals surface area contributed by atoms with Crippen LogP contribution in [0, 0.1) is 5.82 Å². The van der Waals surface area contributed by atoms with E-state index in [1.165, 1.54) is 30.3 Å². The number of hydrogen-bond acceptors (Lipinski definition) is 3. The molecule has 2 aromatic carbocycles. The van der Waals surface area contributed by atoms with E-state index in [2.05, 4.69) is 37.2 Å². The maximum absolute atomic E-state index is 13.6. The summed E-state index contributed by atoms with van der Waals surface area (Å²) in [5.74, 6) is -1.38. The lowest BCUT2D eigenvalue weighted by Crippen LogP contribution is -2.18. The Hall–Kier alpha value is -1.99. The molecule has 0 atom stereocenters. The molecule has 1 aromatic heterocycles. The fourth-order valence-electron chi connectivity index (χ4n) is 2.08. The number of amides is 1. The molecule has 1 heterocycles. The lowest BCUT2D eigenvalue weighted by Gasteiger charge is -2.07. The number of nitrogens with one attached hydrogen (secondary N) is 1. The van der Waals surface area contributed by atoms with E-state index < -0.39 is 17.3 Å². The third kappa shape index (κ3) is 3.20. The number of carbonyl (C=O) groups is 1. The monoisotopic (exact) mass is 439 g/mol. The minimum atomic E-state index is -0.719. The van der Waals surface area contributed by atoms with Gasteiger partial charge in [0.2, 0.25) is 0 Å². The smallest absolute Gasteiger partial charge is 0.360 e. The van der Waals surface area contributed by atoms with E-state index in [9.17, 15) is 14.0 Å². The van der Waals surface area contributed by atoms with Gasteiger partial charge in [-0.25, -0.2) is 9.18 Å². The average molecular weight is 441 g/mol. The van der Waals surface area contributed by atoms with Crippen LogP contribution < -0.4 is 10.9 Å². The SMILES string of the molecule is O=C(Nc1cc2cc(Br)cc(Br)c2oc1=O)c1ccccc1F. The summed E-state index contributed by atoms with van der Waals surface area (Å²) < 4.78 is 20.2. The number of hydrogen-bond donors (Lipinski definition) is 1. The molecule has 0 saturated heterocycles. The Kier molecular flexibility index (Phi) is 4.32. The number of halogens is 3. The molecule has 0 aliphatic heterocycles. The maximum Gasteiger partial charge on any atom is 0.360 e. The van der Waals surface area contributed by atoms with Gasteiger partial charge < -0.3 is 9.73 Å². The molecule has 0 fully saturated rings. The Morgan fingerprint density at radius 2 is 1.87 bits per heavy atom.